The maximum atomic E-state index is 12.9. The normalized spacial score (nSPS) is 15.5. The smallest absolute Gasteiger partial charge is 0.287 e. The maximum Gasteiger partial charge on any atom is 0.287 e. The second-order valence-corrected chi connectivity index (χ2v) is 8.50. The third-order valence-electron chi connectivity index (χ3n) is 6.36. The fourth-order valence-corrected chi connectivity index (χ4v) is 4.31. The van der Waals surface area contributed by atoms with Crippen molar-refractivity contribution < 1.29 is 13.9 Å². The van der Waals surface area contributed by atoms with Crippen LogP contribution in [0.5, 0.6) is 5.75 Å². The van der Waals surface area contributed by atoms with Crippen molar-refractivity contribution in [3.05, 3.63) is 75.1 Å². The van der Waals surface area contributed by atoms with Gasteiger partial charge in [0.2, 0.25) is 0 Å². The van der Waals surface area contributed by atoms with E-state index >= 15 is 0 Å². The molecule has 32 heavy (non-hydrogen) atoms. The fourth-order valence-electron chi connectivity index (χ4n) is 4.31. The van der Waals surface area contributed by atoms with Crippen LogP contribution in [0, 0.1) is 13.8 Å². The summed E-state index contributed by atoms with van der Waals surface area (Å²) in [6.45, 7) is 6.33. The van der Waals surface area contributed by atoms with Crippen LogP contribution in [-0.2, 0) is 0 Å². The van der Waals surface area contributed by atoms with Crippen LogP contribution < -0.4 is 15.5 Å². The van der Waals surface area contributed by atoms with Gasteiger partial charge in [0.15, 0.2) is 11.2 Å². The molecule has 168 valence electrons. The summed E-state index contributed by atoms with van der Waals surface area (Å²) in [6, 6.07) is 12.9. The average Bonchev–Trinajstić information content (AvgIpc) is 2.81. The molecule has 1 amide bonds. The van der Waals surface area contributed by atoms with Crippen molar-refractivity contribution in [2.24, 2.45) is 0 Å². The molecule has 1 atom stereocenters. The van der Waals surface area contributed by atoms with Gasteiger partial charge in [-0.2, -0.15) is 0 Å². The van der Waals surface area contributed by atoms with Crippen LogP contribution in [0.3, 0.4) is 0 Å². The first-order chi connectivity index (χ1) is 15.5. The van der Waals surface area contributed by atoms with Gasteiger partial charge in [0.25, 0.3) is 5.91 Å². The van der Waals surface area contributed by atoms with Crippen molar-refractivity contribution in [3.63, 3.8) is 0 Å². The molecule has 0 saturated carbocycles. The second-order valence-electron chi connectivity index (χ2n) is 8.50. The van der Waals surface area contributed by atoms with Crippen LogP contribution in [0.25, 0.3) is 11.0 Å². The third kappa shape index (κ3) is 4.70. The van der Waals surface area contributed by atoms with Crippen LogP contribution in [-0.4, -0.2) is 37.6 Å². The first-order valence-electron chi connectivity index (χ1n) is 11.2. The minimum Gasteiger partial charge on any atom is -0.497 e. The molecule has 0 radical (unpaired) electrons. The Balaban J connectivity index is 1.56. The Labute approximate surface area is 188 Å². The summed E-state index contributed by atoms with van der Waals surface area (Å²) in [5.74, 6) is 0.467. The van der Waals surface area contributed by atoms with E-state index in [1.165, 1.54) is 12.5 Å². The Hall–Kier alpha value is -3.12. The molecule has 0 spiro atoms. The zero-order chi connectivity index (χ0) is 22.7. The molecule has 1 aliphatic rings. The minimum absolute atomic E-state index is 0.0397. The zero-order valence-electron chi connectivity index (χ0n) is 18.9. The van der Waals surface area contributed by atoms with Crippen molar-refractivity contribution in [1.29, 1.82) is 0 Å². The van der Waals surface area contributed by atoms with Crippen LogP contribution >= 0.6 is 0 Å². The van der Waals surface area contributed by atoms with Gasteiger partial charge in [-0.3, -0.25) is 14.5 Å². The van der Waals surface area contributed by atoms with Gasteiger partial charge in [-0.25, -0.2) is 0 Å². The molecule has 0 unspecified atom stereocenters. The Morgan fingerprint density at radius 1 is 1.06 bits per heavy atom. The number of likely N-dealkylation sites (tertiary alicyclic amines) is 1. The molecule has 1 fully saturated rings. The van der Waals surface area contributed by atoms with Gasteiger partial charge in [-0.1, -0.05) is 18.6 Å². The molecule has 1 aliphatic heterocycles. The minimum atomic E-state index is -0.377. The Morgan fingerprint density at radius 3 is 2.44 bits per heavy atom. The SMILES string of the molecule is COc1ccc([C@@H](CNC(=O)c2cc(=O)c3cc(C)c(C)cc3o2)N2CCCCC2)cc1. The number of carbonyl (C=O) groups is 1. The van der Waals surface area contributed by atoms with E-state index < -0.39 is 0 Å². The Kier molecular flexibility index (Phi) is 6.61. The summed E-state index contributed by atoms with van der Waals surface area (Å²) in [4.78, 5) is 27.9. The molecule has 2 aromatic carbocycles. The number of fused-ring (bicyclic) bond motifs is 1. The Morgan fingerprint density at radius 2 is 1.75 bits per heavy atom. The van der Waals surface area contributed by atoms with E-state index in [0.29, 0.717) is 17.5 Å². The first-order valence-corrected chi connectivity index (χ1v) is 11.2. The largest absolute Gasteiger partial charge is 0.497 e. The number of ether oxygens (including phenoxy) is 1. The third-order valence-corrected chi connectivity index (χ3v) is 6.36. The molecule has 0 aliphatic carbocycles. The number of carbonyl (C=O) groups excluding carboxylic acids is 1. The molecule has 1 N–H and O–H groups in total. The quantitative estimate of drug-likeness (QED) is 0.624. The summed E-state index contributed by atoms with van der Waals surface area (Å²) >= 11 is 0. The maximum absolute atomic E-state index is 12.9. The monoisotopic (exact) mass is 434 g/mol. The second kappa shape index (κ2) is 9.57. The van der Waals surface area contributed by atoms with E-state index in [2.05, 4.69) is 10.2 Å². The van der Waals surface area contributed by atoms with E-state index in [4.69, 9.17) is 9.15 Å². The lowest BCUT2D eigenvalue weighted by Crippen LogP contribution is -2.40. The van der Waals surface area contributed by atoms with Gasteiger partial charge in [0, 0.05) is 12.6 Å². The van der Waals surface area contributed by atoms with Crippen molar-refractivity contribution >= 4 is 16.9 Å². The van der Waals surface area contributed by atoms with Gasteiger partial charge >= 0.3 is 0 Å². The highest BCUT2D eigenvalue weighted by Gasteiger charge is 2.24. The molecule has 1 aromatic heterocycles. The number of aryl methyl sites for hydroxylation is 2. The number of nitrogens with one attached hydrogen (secondary N) is 1. The van der Waals surface area contributed by atoms with Crippen molar-refractivity contribution in [2.75, 3.05) is 26.7 Å². The molecule has 2 heterocycles. The predicted molar refractivity (Wildman–Crippen MR) is 125 cm³/mol. The van der Waals surface area contributed by atoms with Crippen molar-refractivity contribution in [3.8, 4) is 5.75 Å². The number of benzene rings is 2. The van der Waals surface area contributed by atoms with Crippen LogP contribution in [0.4, 0.5) is 0 Å². The number of rotatable bonds is 6. The van der Waals surface area contributed by atoms with E-state index in [0.717, 1.165) is 48.4 Å². The number of hydrogen-bond donors (Lipinski definition) is 1. The van der Waals surface area contributed by atoms with Crippen LogP contribution in [0.1, 0.15) is 52.5 Å². The number of methoxy groups -OCH3 is 1. The van der Waals surface area contributed by atoms with Crippen molar-refractivity contribution in [1.82, 2.24) is 10.2 Å². The van der Waals surface area contributed by atoms with Gasteiger partial charge in [-0.05, 0) is 80.7 Å². The van der Waals surface area contributed by atoms with E-state index in [1.54, 1.807) is 7.11 Å². The lowest BCUT2D eigenvalue weighted by molar-refractivity contribution is 0.0897. The fraction of sp³-hybridized carbons (Fsp3) is 0.385. The Bertz CT molecular complexity index is 1160. The zero-order valence-corrected chi connectivity index (χ0v) is 18.9. The van der Waals surface area contributed by atoms with E-state index in [-0.39, 0.29) is 23.1 Å². The molecule has 4 rings (SSSR count). The average molecular weight is 435 g/mol. The van der Waals surface area contributed by atoms with Gasteiger partial charge in [0.1, 0.15) is 11.3 Å². The molecule has 1 saturated heterocycles. The molecule has 3 aromatic rings. The number of hydrogen-bond acceptors (Lipinski definition) is 5. The molecule has 0 bridgehead atoms. The lowest BCUT2D eigenvalue weighted by Gasteiger charge is -2.35. The van der Waals surface area contributed by atoms with Gasteiger partial charge in [0.05, 0.1) is 18.5 Å². The lowest BCUT2D eigenvalue weighted by atomic mass is 10.0. The van der Waals surface area contributed by atoms with E-state index in [9.17, 15) is 9.59 Å². The van der Waals surface area contributed by atoms with Crippen LogP contribution in [0.2, 0.25) is 0 Å². The predicted octanol–water partition coefficient (Wildman–Crippen LogP) is 4.38. The molecule has 6 nitrogen and oxygen atoms in total. The topological polar surface area (TPSA) is 71.8 Å². The van der Waals surface area contributed by atoms with Crippen LogP contribution in [0.15, 0.2) is 51.7 Å². The summed E-state index contributed by atoms with van der Waals surface area (Å²) in [5.41, 5.74) is 3.39. The standard InChI is InChI=1S/C26H30N2O4/c1-17-13-21-23(29)15-25(32-24(21)14-18(17)2)26(30)27-16-22(28-11-5-4-6-12-28)19-7-9-20(31-3)10-8-19/h7-10,13-15,22H,4-6,11-12,16H2,1-3H3,(H,27,30)/t22-/m1/s1. The molecule has 6 heteroatoms. The highest BCUT2D eigenvalue weighted by molar-refractivity contribution is 5.93. The highest BCUT2D eigenvalue weighted by Crippen LogP contribution is 2.26. The first kappa shape index (κ1) is 22.1. The number of amides is 1. The summed E-state index contributed by atoms with van der Waals surface area (Å²) in [6.07, 6.45) is 3.54. The summed E-state index contributed by atoms with van der Waals surface area (Å²) < 4.78 is 11.1. The number of piperidine rings is 1. The molecular weight excluding hydrogens is 404 g/mol. The van der Waals surface area contributed by atoms with E-state index in [1.807, 2.05) is 50.2 Å². The van der Waals surface area contributed by atoms with Crippen molar-refractivity contribution in [2.45, 2.75) is 39.2 Å². The highest BCUT2D eigenvalue weighted by atomic mass is 16.5. The van der Waals surface area contributed by atoms with Gasteiger partial charge in [-0.15, -0.1) is 0 Å². The van der Waals surface area contributed by atoms with Gasteiger partial charge < -0.3 is 14.5 Å². The molecular formula is C26H30N2O4. The summed E-state index contributed by atoms with van der Waals surface area (Å²) in [5, 5.41) is 3.49. The number of nitrogens with zero attached hydrogens (tertiary/aromatic N) is 1. The summed E-state index contributed by atoms with van der Waals surface area (Å²) in [7, 11) is 1.65.